The minimum absolute atomic E-state index is 0.00742. The van der Waals surface area contributed by atoms with Crippen molar-refractivity contribution in [2.24, 2.45) is 5.92 Å². The van der Waals surface area contributed by atoms with Crippen molar-refractivity contribution in [3.63, 3.8) is 0 Å². The lowest BCUT2D eigenvalue weighted by atomic mass is 9.76. The van der Waals surface area contributed by atoms with Gasteiger partial charge in [-0.05, 0) is 68.9 Å². The van der Waals surface area contributed by atoms with E-state index in [0.29, 0.717) is 23.0 Å². The average Bonchev–Trinajstić information content (AvgIpc) is 2.81. The Labute approximate surface area is 182 Å². The Morgan fingerprint density at radius 2 is 1.90 bits per heavy atom. The van der Waals surface area contributed by atoms with E-state index in [1.807, 2.05) is 43.1 Å². The molecule has 1 N–H and O–H groups in total. The van der Waals surface area contributed by atoms with E-state index in [1.54, 1.807) is 18.5 Å². The number of anilines is 1. The van der Waals surface area contributed by atoms with Crippen molar-refractivity contribution in [3.05, 3.63) is 65.7 Å². The van der Waals surface area contributed by atoms with Crippen LogP contribution in [0.5, 0.6) is 0 Å². The second-order valence-electron chi connectivity index (χ2n) is 8.60. The molecule has 3 aliphatic rings. The zero-order valence-electron chi connectivity index (χ0n) is 17.8. The molecule has 0 radical (unpaired) electrons. The first kappa shape index (κ1) is 19.6. The molecule has 1 saturated carbocycles. The molecule has 158 valence electrons. The van der Waals surface area contributed by atoms with Crippen LogP contribution in [0.2, 0.25) is 0 Å². The second-order valence-corrected chi connectivity index (χ2v) is 8.60. The largest absolute Gasteiger partial charge is 0.365 e. The third-order valence-electron chi connectivity index (χ3n) is 6.33. The van der Waals surface area contributed by atoms with Gasteiger partial charge >= 0.3 is 0 Å². The van der Waals surface area contributed by atoms with E-state index in [4.69, 9.17) is 0 Å². The molecule has 3 atom stereocenters. The molecule has 5 heterocycles. The lowest BCUT2D eigenvalue weighted by Gasteiger charge is -2.50. The summed E-state index contributed by atoms with van der Waals surface area (Å²) in [5, 5.41) is 3.59. The Bertz CT molecular complexity index is 1080. The lowest BCUT2D eigenvalue weighted by molar-refractivity contribution is 0.0282. The highest BCUT2D eigenvalue weighted by Gasteiger charge is 2.43. The van der Waals surface area contributed by atoms with Gasteiger partial charge in [-0.25, -0.2) is 19.9 Å². The third-order valence-corrected chi connectivity index (χ3v) is 6.33. The Hall–Kier alpha value is -3.35. The van der Waals surface area contributed by atoms with Crippen molar-refractivity contribution in [1.29, 1.82) is 0 Å². The fourth-order valence-corrected chi connectivity index (χ4v) is 4.80. The number of aryl methyl sites for hydroxylation is 2. The first-order chi connectivity index (χ1) is 15.1. The molecule has 2 bridgehead atoms. The molecule has 31 heavy (non-hydrogen) atoms. The number of nitrogens with zero attached hydrogens (tertiary/aromatic N) is 5. The van der Waals surface area contributed by atoms with E-state index in [1.165, 1.54) is 0 Å². The molecule has 7 heteroatoms. The van der Waals surface area contributed by atoms with E-state index in [2.05, 4.69) is 31.3 Å². The van der Waals surface area contributed by atoms with Gasteiger partial charge in [0.05, 0.1) is 11.6 Å². The number of aromatic nitrogens is 4. The summed E-state index contributed by atoms with van der Waals surface area (Å²) in [4.78, 5) is 33.6. The fraction of sp³-hybridized carbons (Fsp3) is 0.375. The summed E-state index contributed by atoms with van der Waals surface area (Å²) in [5.41, 5.74) is 3.09. The van der Waals surface area contributed by atoms with Gasteiger partial charge in [-0.2, -0.15) is 0 Å². The number of amides is 1. The molecule has 1 aliphatic carbocycles. The predicted molar refractivity (Wildman–Crippen MR) is 119 cm³/mol. The first-order valence-corrected chi connectivity index (χ1v) is 10.8. The lowest BCUT2D eigenvalue weighted by Crippen LogP contribution is -2.59. The van der Waals surface area contributed by atoms with E-state index < -0.39 is 0 Å². The monoisotopic (exact) mass is 414 g/mol. The molecule has 0 unspecified atom stereocenters. The smallest absolute Gasteiger partial charge is 0.256 e. The topological polar surface area (TPSA) is 83.9 Å². The van der Waals surface area contributed by atoms with E-state index in [0.717, 1.165) is 42.9 Å². The zero-order valence-corrected chi connectivity index (χ0v) is 17.8. The van der Waals surface area contributed by atoms with Crippen molar-refractivity contribution >= 4 is 11.7 Å². The number of carbonyl (C=O) groups is 1. The summed E-state index contributed by atoms with van der Waals surface area (Å²) >= 11 is 0. The molecule has 2 aliphatic heterocycles. The Morgan fingerprint density at radius 3 is 2.65 bits per heavy atom. The number of fused-ring (bicyclic) bond motifs is 3. The van der Waals surface area contributed by atoms with Crippen molar-refractivity contribution < 1.29 is 4.79 Å². The van der Waals surface area contributed by atoms with Crippen LogP contribution in [0, 0.1) is 19.8 Å². The van der Waals surface area contributed by atoms with Crippen LogP contribution in [0.3, 0.4) is 0 Å². The van der Waals surface area contributed by atoms with Gasteiger partial charge in [0.2, 0.25) is 0 Å². The number of hydrogen-bond donors (Lipinski definition) is 1. The van der Waals surface area contributed by atoms with Gasteiger partial charge in [0.25, 0.3) is 5.91 Å². The molecular formula is C24H26N6O. The van der Waals surface area contributed by atoms with E-state index in [-0.39, 0.29) is 18.0 Å². The van der Waals surface area contributed by atoms with Gasteiger partial charge in [-0.15, -0.1) is 0 Å². The minimum atomic E-state index is 0.00742. The number of carbonyl (C=O) groups excluding carboxylic acids is 1. The Balaban J connectivity index is 1.44. The summed E-state index contributed by atoms with van der Waals surface area (Å²) < 4.78 is 0. The number of nitrogens with one attached hydrogen (secondary N) is 1. The second kappa shape index (κ2) is 8.06. The summed E-state index contributed by atoms with van der Waals surface area (Å²) in [6.07, 6.45) is 8.45. The van der Waals surface area contributed by atoms with Crippen molar-refractivity contribution in [1.82, 2.24) is 24.8 Å². The van der Waals surface area contributed by atoms with Crippen LogP contribution >= 0.6 is 0 Å². The maximum absolute atomic E-state index is 13.7. The molecule has 0 spiro atoms. The van der Waals surface area contributed by atoms with E-state index in [9.17, 15) is 4.79 Å². The summed E-state index contributed by atoms with van der Waals surface area (Å²) in [6, 6.07) is 9.91. The van der Waals surface area contributed by atoms with Gasteiger partial charge in [0.15, 0.2) is 5.82 Å². The van der Waals surface area contributed by atoms with E-state index >= 15 is 0 Å². The van der Waals surface area contributed by atoms with Gasteiger partial charge in [0, 0.05) is 36.9 Å². The molecule has 3 aromatic heterocycles. The van der Waals surface area contributed by atoms with Crippen LogP contribution in [-0.2, 0) is 0 Å². The number of piperidine rings is 2. The molecule has 3 aromatic rings. The highest BCUT2D eigenvalue weighted by molar-refractivity contribution is 5.99. The maximum Gasteiger partial charge on any atom is 0.256 e. The van der Waals surface area contributed by atoms with Crippen LogP contribution in [0.25, 0.3) is 11.5 Å². The molecule has 3 fully saturated rings. The minimum Gasteiger partial charge on any atom is -0.365 e. The maximum atomic E-state index is 13.7. The molecule has 7 nitrogen and oxygen atoms in total. The molecule has 0 aromatic carbocycles. The first-order valence-electron chi connectivity index (χ1n) is 10.8. The summed E-state index contributed by atoms with van der Waals surface area (Å²) in [7, 11) is 0. The Kier molecular flexibility index (Phi) is 5.10. The van der Waals surface area contributed by atoms with Gasteiger partial charge < -0.3 is 10.2 Å². The van der Waals surface area contributed by atoms with Crippen molar-refractivity contribution in [2.45, 2.75) is 45.2 Å². The van der Waals surface area contributed by atoms with Gasteiger partial charge in [-0.3, -0.25) is 4.79 Å². The average molecular weight is 415 g/mol. The summed E-state index contributed by atoms with van der Waals surface area (Å²) in [6.45, 7) is 4.73. The molecule has 2 saturated heterocycles. The fourth-order valence-electron chi connectivity index (χ4n) is 4.80. The zero-order chi connectivity index (χ0) is 21.4. The quantitative estimate of drug-likeness (QED) is 0.701. The molecular weight excluding hydrogens is 388 g/mol. The number of rotatable bonds is 4. The molecule has 6 rings (SSSR count). The number of pyridine rings is 2. The Morgan fingerprint density at radius 1 is 1.06 bits per heavy atom. The van der Waals surface area contributed by atoms with Crippen molar-refractivity contribution in [2.75, 3.05) is 11.9 Å². The third kappa shape index (κ3) is 3.87. The van der Waals surface area contributed by atoms with Crippen LogP contribution in [0.1, 0.15) is 40.9 Å². The van der Waals surface area contributed by atoms with Gasteiger partial charge in [0.1, 0.15) is 11.5 Å². The van der Waals surface area contributed by atoms with Crippen LogP contribution in [-0.4, -0.2) is 49.4 Å². The predicted octanol–water partition coefficient (Wildman–Crippen LogP) is 3.66. The van der Waals surface area contributed by atoms with Crippen LogP contribution in [0.15, 0.2) is 48.9 Å². The number of hydrogen-bond acceptors (Lipinski definition) is 6. The normalized spacial score (nSPS) is 22.4. The van der Waals surface area contributed by atoms with Gasteiger partial charge in [-0.1, -0.05) is 6.07 Å². The van der Waals surface area contributed by atoms with Crippen LogP contribution < -0.4 is 5.32 Å². The standard InChI is InChI=1S/C24H26N6O/c1-15-4-9-21(27-13-15)29-19-12-17-6-8-20(19)30(14-17)24(31)18-7-5-16(2)28-22(18)23-25-10-3-11-26-23/h3-5,7,9-11,13,17,19-20H,6,8,12,14H2,1-2H3,(H,27,29)/t17-,19-,20+/m1/s1. The van der Waals surface area contributed by atoms with Crippen LogP contribution in [0.4, 0.5) is 5.82 Å². The SMILES string of the molecule is Cc1ccc(N[C@@H]2C[C@H]3CC[C@@H]2N(C(=O)c2ccc(C)nc2-c2ncccn2)C3)nc1. The molecule has 1 amide bonds. The summed E-state index contributed by atoms with van der Waals surface area (Å²) in [5.74, 6) is 1.85. The highest BCUT2D eigenvalue weighted by atomic mass is 16.2. The highest BCUT2D eigenvalue weighted by Crippen LogP contribution is 2.38. The van der Waals surface area contributed by atoms with Crippen molar-refractivity contribution in [3.8, 4) is 11.5 Å².